The number of amides is 1. The summed E-state index contributed by atoms with van der Waals surface area (Å²) in [6, 6.07) is 17.5. The largest absolute Gasteiger partial charge is 0.334 e. The molecule has 0 atom stereocenters. The Morgan fingerprint density at radius 3 is 2.68 bits per heavy atom. The minimum atomic E-state index is -0.193. The standard InChI is InChI=1S/C20H11ClN4O2S/c21-16-10-14(23-19(26)17-2-1-9-28-17)7-8-15(16)18-24-20(27-25-18)13-5-3-12(11-22)4-6-13/h1-10H,(H,23,26). The number of nitriles is 1. The van der Waals surface area contributed by atoms with Crippen LogP contribution in [0.1, 0.15) is 15.2 Å². The van der Waals surface area contributed by atoms with Crippen LogP contribution in [0.15, 0.2) is 64.5 Å². The first-order chi connectivity index (χ1) is 13.6. The van der Waals surface area contributed by atoms with Gasteiger partial charge in [-0.3, -0.25) is 4.79 Å². The molecule has 6 nitrogen and oxygen atoms in total. The number of hydrogen-bond acceptors (Lipinski definition) is 6. The van der Waals surface area contributed by atoms with Gasteiger partial charge in [0, 0.05) is 16.8 Å². The Labute approximate surface area is 169 Å². The Bertz CT molecular complexity index is 1180. The second-order valence-electron chi connectivity index (χ2n) is 5.74. The van der Waals surface area contributed by atoms with Crippen molar-refractivity contribution in [3.63, 3.8) is 0 Å². The molecule has 0 bridgehead atoms. The molecule has 1 amide bonds. The highest BCUT2D eigenvalue weighted by atomic mass is 35.5. The van der Waals surface area contributed by atoms with E-state index in [1.165, 1.54) is 11.3 Å². The SMILES string of the molecule is N#Cc1ccc(-c2nc(-c3ccc(NC(=O)c4cccs4)cc3Cl)no2)cc1. The smallest absolute Gasteiger partial charge is 0.265 e. The van der Waals surface area contributed by atoms with Crippen molar-refractivity contribution >= 4 is 34.5 Å². The van der Waals surface area contributed by atoms with E-state index in [1.807, 2.05) is 11.4 Å². The molecule has 0 saturated heterocycles. The normalized spacial score (nSPS) is 10.4. The van der Waals surface area contributed by atoms with Crippen LogP contribution < -0.4 is 5.32 Å². The van der Waals surface area contributed by atoms with E-state index in [1.54, 1.807) is 48.5 Å². The van der Waals surface area contributed by atoms with Gasteiger partial charge in [0.05, 0.1) is 21.5 Å². The lowest BCUT2D eigenvalue weighted by atomic mass is 10.1. The van der Waals surface area contributed by atoms with Crippen LogP contribution in [0.3, 0.4) is 0 Å². The minimum absolute atomic E-state index is 0.193. The summed E-state index contributed by atoms with van der Waals surface area (Å²) in [5.74, 6) is 0.465. The van der Waals surface area contributed by atoms with Crippen molar-refractivity contribution in [2.24, 2.45) is 0 Å². The second-order valence-corrected chi connectivity index (χ2v) is 7.09. The predicted octanol–water partition coefficient (Wildman–Crippen LogP) is 5.24. The third-order valence-corrected chi connectivity index (χ3v) is 5.08. The average molecular weight is 407 g/mol. The van der Waals surface area contributed by atoms with Crippen LogP contribution in [0.4, 0.5) is 5.69 Å². The maximum absolute atomic E-state index is 12.1. The average Bonchev–Trinajstić information content (AvgIpc) is 3.40. The minimum Gasteiger partial charge on any atom is -0.334 e. The van der Waals surface area contributed by atoms with Gasteiger partial charge in [0.15, 0.2) is 0 Å². The molecular formula is C20H11ClN4O2S. The summed E-state index contributed by atoms with van der Waals surface area (Å²) in [5, 5.41) is 17.9. The van der Waals surface area contributed by atoms with Gasteiger partial charge >= 0.3 is 0 Å². The van der Waals surface area contributed by atoms with E-state index >= 15 is 0 Å². The lowest BCUT2D eigenvalue weighted by molar-refractivity contribution is 0.103. The van der Waals surface area contributed by atoms with Crippen molar-refractivity contribution in [1.82, 2.24) is 10.1 Å². The number of benzene rings is 2. The zero-order chi connectivity index (χ0) is 19.5. The summed E-state index contributed by atoms with van der Waals surface area (Å²) in [5.41, 5.74) is 2.41. The lowest BCUT2D eigenvalue weighted by Gasteiger charge is -2.06. The number of thiophene rings is 1. The highest BCUT2D eigenvalue weighted by molar-refractivity contribution is 7.12. The number of hydrogen-bond donors (Lipinski definition) is 1. The molecule has 2 heterocycles. The summed E-state index contributed by atoms with van der Waals surface area (Å²) in [4.78, 5) is 17.1. The number of carbonyl (C=O) groups is 1. The highest BCUT2D eigenvalue weighted by Crippen LogP contribution is 2.30. The Morgan fingerprint density at radius 2 is 2.00 bits per heavy atom. The summed E-state index contributed by atoms with van der Waals surface area (Å²) >= 11 is 7.72. The number of anilines is 1. The fourth-order valence-electron chi connectivity index (χ4n) is 2.51. The number of halogens is 1. The van der Waals surface area contributed by atoms with Gasteiger partial charge in [-0.2, -0.15) is 10.2 Å². The van der Waals surface area contributed by atoms with Crippen molar-refractivity contribution in [2.75, 3.05) is 5.32 Å². The fraction of sp³-hybridized carbons (Fsp3) is 0. The third kappa shape index (κ3) is 3.64. The fourth-order valence-corrected chi connectivity index (χ4v) is 3.40. The van der Waals surface area contributed by atoms with E-state index in [0.29, 0.717) is 44.0 Å². The molecule has 4 rings (SSSR count). The van der Waals surface area contributed by atoms with Crippen LogP contribution in [-0.2, 0) is 0 Å². The zero-order valence-corrected chi connectivity index (χ0v) is 15.8. The van der Waals surface area contributed by atoms with Gasteiger partial charge in [0.25, 0.3) is 11.8 Å². The van der Waals surface area contributed by atoms with Crippen molar-refractivity contribution in [3.8, 4) is 28.9 Å². The lowest BCUT2D eigenvalue weighted by Crippen LogP contribution is -2.09. The van der Waals surface area contributed by atoms with E-state index in [-0.39, 0.29) is 5.91 Å². The van der Waals surface area contributed by atoms with Crippen LogP contribution >= 0.6 is 22.9 Å². The molecular weight excluding hydrogens is 396 g/mol. The number of nitrogens with one attached hydrogen (secondary N) is 1. The molecule has 0 aliphatic carbocycles. The molecule has 0 radical (unpaired) electrons. The van der Waals surface area contributed by atoms with Gasteiger partial charge < -0.3 is 9.84 Å². The highest BCUT2D eigenvalue weighted by Gasteiger charge is 2.15. The van der Waals surface area contributed by atoms with Crippen LogP contribution in [0.25, 0.3) is 22.8 Å². The molecule has 2 aromatic heterocycles. The quantitative estimate of drug-likeness (QED) is 0.500. The maximum atomic E-state index is 12.1. The first-order valence-corrected chi connectivity index (χ1v) is 9.39. The molecule has 28 heavy (non-hydrogen) atoms. The summed E-state index contributed by atoms with van der Waals surface area (Å²) in [6.45, 7) is 0. The van der Waals surface area contributed by atoms with Crippen molar-refractivity contribution in [2.45, 2.75) is 0 Å². The summed E-state index contributed by atoms with van der Waals surface area (Å²) in [6.07, 6.45) is 0. The molecule has 0 unspecified atom stereocenters. The molecule has 0 saturated carbocycles. The van der Waals surface area contributed by atoms with E-state index in [0.717, 1.165) is 0 Å². The second kappa shape index (κ2) is 7.64. The van der Waals surface area contributed by atoms with E-state index in [2.05, 4.69) is 21.5 Å². The Balaban J connectivity index is 1.55. The first kappa shape index (κ1) is 17.9. The van der Waals surface area contributed by atoms with E-state index in [9.17, 15) is 4.79 Å². The molecule has 0 aliphatic heterocycles. The van der Waals surface area contributed by atoms with Crippen molar-refractivity contribution < 1.29 is 9.32 Å². The third-order valence-electron chi connectivity index (χ3n) is 3.90. The Kier molecular flexibility index (Phi) is 4.89. The van der Waals surface area contributed by atoms with Crippen LogP contribution in [0.2, 0.25) is 5.02 Å². The Hall–Kier alpha value is -3.47. The molecule has 0 fully saturated rings. The van der Waals surface area contributed by atoms with Crippen LogP contribution in [-0.4, -0.2) is 16.0 Å². The number of rotatable bonds is 4. The molecule has 0 spiro atoms. The molecule has 4 aromatic rings. The van der Waals surface area contributed by atoms with Gasteiger partial charge in [-0.15, -0.1) is 11.3 Å². The topological polar surface area (TPSA) is 91.8 Å². The van der Waals surface area contributed by atoms with E-state index < -0.39 is 0 Å². The monoisotopic (exact) mass is 406 g/mol. The predicted molar refractivity (Wildman–Crippen MR) is 107 cm³/mol. The van der Waals surface area contributed by atoms with E-state index in [4.69, 9.17) is 21.4 Å². The van der Waals surface area contributed by atoms with Gasteiger partial charge in [-0.05, 0) is 53.9 Å². The van der Waals surface area contributed by atoms with Crippen molar-refractivity contribution in [3.05, 3.63) is 75.4 Å². The summed E-state index contributed by atoms with van der Waals surface area (Å²) in [7, 11) is 0. The Morgan fingerprint density at radius 1 is 1.18 bits per heavy atom. The van der Waals surface area contributed by atoms with Crippen LogP contribution in [0.5, 0.6) is 0 Å². The molecule has 8 heteroatoms. The summed E-state index contributed by atoms with van der Waals surface area (Å²) < 4.78 is 5.31. The van der Waals surface area contributed by atoms with Crippen molar-refractivity contribution in [1.29, 1.82) is 5.26 Å². The first-order valence-electron chi connectivity index (χ1n) is 8.13. The zero-order valence-electron chi connectivity index (χ0n) is 14.2. The van der Waals surface area contributed by atoms with Gasteiger partial charge in [-0.1, -0.05) is 22.8 Å². The molecule has 0 aliphatic rings. The maximum Gasteiger partial charge on any atom is 0.265 e. The number of carbonyl (C=O) groups excluding carboxylic acids is 1. The molecule has 136 valence electrons. The molecule has 1 N–H and O–H groups in total. The molecule has 2 aromatic carbocycles. The van der Waals surface area contributed by atoms with Gasteiger partial charge in [0.1, 0.15) is 0 Å². The number of aromatic nitrogens is 2. The number of nitrogens with zero attached hydrogens (tertiary/aromatic N) is 3. The van der Waals surface area contributed by atoms with Gasteiger partial charge in [-0.25, -0.2) is 0 Å². The van der Waals surface area contributed by atoms with Crippen LogP contribution in [0, 0.1) is 11.3 Å². The van der Waals surface area contributed by atoms with Gasteiger partial charge in [0.2, 0.25) is 5.82 Å².